The number of nitrogens with zero attached hydrogens (tertiary/aromatic N) is 4. The molecule has 0 radical (unpaired) electrons. The number of aryl methyl sites for hydroxylation is 2. The minimum Gasteiger partial charge on any atom is -0.476 e. The van der Waals surface area contributed by atoms with Crippen molar-refractivity contribution in [1.29, 1.82) is 0 Å². The van der Waals surface area contributed by atoms with Crippen molar-refractivity contribution in [3.05, 3.63) is 23.8 Å². The molecule has 0 spiro atoms. The van der Waals surface area contributed by atoms with Crippen LogP contribution in [-0.4, -0.2) is 41.3 Å². The van der Waals surface area contributed by atoms with E-state index in [4.69, 9.17) is 10.2 Å². The highest BCUT2D eigenvalue weighted by atomic mass is 33.1. The van der Waals surface area contributed by atoms with Gasteiger partial charge in [-0.3, -0.25) is 0 Å². The Kier molecular flexibility index (Phi) is 4.04. The predicted octanol–water partition coefficient (Wildman–Crippen LogP) is 1.35. The van der Waals surface area contributed by atoms with Crippen LogP contribution in [0.5, 0.6) is 0 Å². The SMILES string of the molecule is Cn1cc(C(=O)O)nc1SSc1nc(C(=O)O)cn1C. The van der Waals surface area contributed by atoms with Gasteiger partial charge in [0.05, 0.1) is 0 Å². The Balaban J connectivity index is 2.12. The van der Waals surface area contributed by atoms with Crippen LogP contribution in [0.4, 0.5) is 0 Å². The van der Waals surface area contributed by atoms with E-state index in [1.165, 1.54) is 34.0 Å². The van der Waals surface area contributed by atoms with E-state index >= 15 is 0 Å². The molecular formula is C10H10N4O4S2. The van der Waals surface area contributed by atoms with Crippen molar-refractivity contribution in [1.82, 2.24) is 19.1 Å². The highest BCUT2D eigenvalue weighted by molar-refractivity contribution is 8.76. The van der Waals surface area contributed by atoms with Gasteiger partial charge in [0.25, 0.3) is 0 Å². The normalized spacial score (nSPS) is 10.7. The van der Waals surface area contributed by atoms with Crippen LogP contribution in [0.1, 0.15) is 21.0 Å². The number of carboxylic acid groups (broad SMARTS) is 2. The fourth-order valence-electron chi connectivity index (χ4n) is 1.33. The van der Waals surface area contributed by atoms with Crippen LogP contribution >= 0.6 is 21.6 Å². The average molecular weight is 314 g/mol. The molecule has 0 aliphatic heterocycles. The van der Waals surface area contributed by atoms with E-state index in [0.29, 0.717) is 10.3 Å². The molecule has 2 rings (SSSR count). The molecule has 0 aliphatic rings. The number of carboxylic acids is 2. The fourth-order valence-corrected chi connectivity index (χ4v) is 3.47. The quantitative estimate of drug-likeness (QED) is 0.796. The molecule has 8 nitrogen and oxygen atoms in total. The third-order valence-electron chi connectivity index (χ3n) is 2.30. The van der Waals surface area contributed by atoms with Gasteiger partial charge in [-0.15, -0.1) is 0 Å². The van der Waals surface area contributed by atoms with Gasteiger partial charge in [0.15, 0.2) is 21.7 Å². The van der Waals surface area contributed by atoms with Crippen LogP contribution in [0.15, 0.2) is 22.7 Å². The first-order valence-electron chi connectivity index (χ1n) is 5.26. The number of aromatic nitrogens is 4. The number of rotatable bonds is 5. The second-order valence-electron chi connectivity index (χ2n) is 3.82. The van der Waals surface area contributed by atoms with Crippen LogP contribution in [0, 0.1) is 0 Å². The summed E-state index contributed by atoms with van der Waals surface area (Å²) in [5.74, 6) is -2.19. The molecule has 20 heavy (non-hydrogen) atoms. The molecule has 0 aliphatic carbocycles. The Morgan fingerprint density at radius 2 is 1.30 bits per heavy atom. The summed E-state index contributed by atoms with van der Waals surface area (Å²) in [6, 6.07) is 0. The lowest BCUT2D eigenvalue weighted by Crippen LogP contribution is -1.95. The Morgan fingerprint density at radius 1 is 0.950 bits per heavy atom. The molecule has 0 bridgehead atoms. The lowest BCUT2D eigenvalue weighted by atomic mass is 10.5. The number of hydrogen-bond donors (Lipinski definition) is 2. The zero-order valence-corrected chi connectivity index (χ0v) is 12.1. The van der Waals surface area contributed by atoms with Crippen molar-refractivity contribution in [2.45, 2.75) is 10.3 Å². The summed E-state index contributed by atoms with van der Waals surface area (Å²) in [7, 11) is 5.78. The number of hydrogen-bond acceptors (Lipinski definition) is 6. The molecule has 0 fully saturated rings. The molecule has 0 aromatic carbocycles. The van der Waals surface area contributed by atoms with E-state index in [1.807, 2.05) is 0 Å². The number of carbonyl (C=O) groups is 2. The van der Waals surface area contributed by atoms with E-state index in [9.17, 15) is 9.59 Å². The van der Waals surface area contributed by atoms with Crippen LogP contribution in [-0.2, 0) is 14.1 Å². The summed E-state index contributed by atoms with van der Waals surface area (Å²) in [5.41, 5.74) is -0.0802. The van der Waals surface area contributed by atoms with Gasteiger partial charge in [-0.1, -0.05) is 0 Å². The summed E-state index contributed by atoms with van der Waals surface area (Å²) < 4.78 is 3.17. The predicted molar refractivity (Wildman–Crippen MR) is 72.0 cm³/mol. The molecule has 10 heteroatoms. The van der Waals surface area contributed by atoms with E-state index < -0.39 is 11.9 Å². The first-order valence-corrected chi connectivity index (χ1v) is 7.41. The Hall–Kier alpha value is -1.94. The monoisotopic (exact) mass is 314 g/mol. The Bertz CT molecular complexity index is 621. The third kappa shape index (κ3) is 2.96. The van der Waals surface area contributed by atoms with Crippen molar-refractivity contribution in [2.75, 3.05) is 0 Å². The molecule has 0 saturated heterocycles. The van der Waals surface area contributed by atoms with Crippen molar-refractivity contribution < 1.29 is 19.8 Å². The topological polar surface area (TPSA) is 110 Å². The van der Waals surface area contributed by atoms with Crippen LogP contribution in [0.25, 0.3) is 0 Å². The highest BCUT2D eigenvalue weighted by Gasteiger charge is 2.15. The third-order valence-corrected chi connectivity index (χ3v) is 4.58. The maximum Gasteiger partial charge on any atom is 0.356 e. The largest absolute Gasteiger partial charge is 0.476 e. The van der Waals surface area contributed by atoms with Gasteiger partial charge in [0.1, 0.15) is 0 Å². The van der Waals surface area contributed by atoms with Gasteiger partial charge in [0.2, 0.25) is 0 Å². The van der Waals surface area contributed by atoms with Crippen molar-refractivity contribution in [3.63, 3.8) is 0 Å². The fraction of sp³-hybridized carbons (Fsp3) is 0.200. The van der Waals surface area contributed by atoms with Crippen LogP contribution < -0.4 is 0 Å². The zero-order chi connectivity index (χ0) is 14.9. The molecule has 0 unspecified atom stereocenters. The second kappa shape index (κ2) is 5.59. The molecular weight excluding hydrogens is 304 g/mol. The molecule has 0 amide bonds. The van der Waals surface area contributed by atoms with Gasteiger partial charge in [0, 0.05) is 26.5 Å². The van der Waals surface area contributed by atoms with Crippen molar-refractivity contribution in [2.24, 2.45) is 14.1 Å². The van der Waals surface area contributed by atoms with Crippen LogP contribution in [0.2, 0.25) is 0 Å². The molecule has 2 N–H and O–H groups in total. The minimum atomic E-state index is -1.09. The highest BCUT2D eigenvalue weighted by Crippen LogP contribution is 2.35. The molecule has 106 valence electrons. The second-order valence-corrected chi connectivity index (χ2v) is 5.88. The van der Waals surface area contributed by atoms with Crippen LogP contribution in [0.3, 0.4) is 0 Å². The Morgan fingerprint density at radius 3 is 1.55 bits per heavy atom. The summed E-state index contributed by atoms with van der Waals surface area (Å²) in [6.07, 6.45) is 2.82. The summed E-state index contributed by atoms with van der Waals surface area (Å²) in [4.78, 5) is 29.5. The van der Waals surface area contributed by atoms with Crippen molar-refractivity contribution in [3.8, 4) is 0 Å². The van der Waals surface area contributed by atoms with E-state index in [0.717, 1.165) is 0 Å². The van der Waals surface area contributed by atoms with E-state index in [1.54, 1.807) is 23.2 Å². The first kappa shape index (κ1) is 14.5. The van der Waals surface area contributed by atoms with Gasteiger partial charge < -0.3 is 19.3 Å². The smallest absolute Gasteiger partial charge is 0.356 e. The van der Waals surface area contributed by atoms with Gasteiger partial charge in [-0.25, -0.2) is 19.6 Å². The summed E-state index contributed by atoms with van der Waals surface area (Å²) in [5, 5.41) is 18.7. The van der Waals surface area contributed by atoms with Gasteiger partial charge >= 0.3 is 11.9 Å². The average Bonchev–Trinajstić information content (AvgIpc) is 2.91. The first-order chi connectivity index (χ1) is 9.38. The molecule has 0 atom stereocenters. The Labute approximate surface area is 121 Å². The summed E-state index contributed by atoms with van der Waals surface area (Å²) in [6.45, 7) is 0. The number of aromatic carboxylic acids is 2. The molecule has 2 aromatic heterocycles. The molecule has 2 heterocycles. The lowest BCUT2D eigenvalue weighted by molar-refractivity contribution is 0.0680. The maximum absolute atomic E-state index is 10.8. The van der Waals surface area contributed by atoms with E-state index in [2.05, 4.69) is 9.97 Å². The standard InChI is InChI=1S/C10H10N4O4S2/c1-13-3-5(7(15)16)11-9(13)19-20-10-12-6(8(17)18)4-14(10)2/h3-4H,1-2H3,(H,15,16)(H,17,18). The number of imidazole rings is 2. The molecule has 2 aromatic rings. The van der Waals surface area contributed by atoms with Gasteiger partial charge in [-0.05, 0) is 21.6 Å². The lowest BCUT2D eigenvalue weighted by Gasteiger charge is -2.00. The van der Waals surface area contributed by atoms with Gasteiger partial charge in [-0.2, -0.15) is 0 Å². The summed E-state index contributed by atoms with van der Waals surface area (Å²) >= 11 is 0. The maximum atomic E-state index is 10.8. The van der Waals surface area contributed by atoms with E-state index in [-0.39, 0.29) is 11.4 Å². The molecule has 0 saturated carbocycles. The van der Waals surface area contributed by atoms with Crippen molar-refractivity contribution >= 4 is 33.5 Å². The minimum absolute atomic E-state index is 0.0401. The zero-order valence-electron chi connectivity index (χ0n) is 10.5.